The number of benzene rings is 2. The lowest BCUT2D eigenvalue weighted by molar-refractivity contribution is -0.138. The fourth-order valence-electron chi connectivity index (χ4n) is 2.04. The summed E-state index contributed by atoms with van der Waals surface area (Å²) >= 11 is 0. The molecule has 2 aromatic carbocycles. The number of hydrogen-bond acceptors (Lipinski definition) is 2. The summed E-state index contributed by atoms with van der Waals surface area (Å²) in [4.78, 5) is 0. The summed E-state index contributed by atoms with van der Waals surface area (Å²) in [5.74, 6) is 0. The van der Waals surface area contributed by atoms with Crippen LogP contribution >= 0.6 is 0 Å². The SMILES string of the molecule is Nc1ccc(-c2ccc(C(F)(F)F)c(N)c2)c(C(F)(F)F)c1. The molecule has 0 aliphatic heterocycles. The van der Waals surface area contributed by atoms with Gasteiger partial charge in [0.05, 0.1) is 11.1 Å². The van der Waals surface area contributed by atoms with E-state index in [4.69, 9.17) is 11.5 Å². The van der Waals surface area contributed by atoms with Crippen LogP contribution in [0.5, 0.6) is 0 Å². The van der Waals surface area contributed by atoms with Gasteiger partial charge in [-0.3, -0.25) is 0 Å². The molecule has 0 fully saturated rings. The molecule has 0 radical (unpaired) electrons. The third-order valence-corrected chi connectivity index (χ3v) is 3.02. The molecule has 0 amide bonds. The van der Waals surface area contributed by atoms with Crippen molar-refractivity contribution in [3.05, 3.63) is 47.5 Å². The van der Waals surface area contributed by atoms with Gasteiger partial charge in [-0.15, -0.1) is 0 Å². The third-order valence-electron chi connectivity index (χ3n) is 3.02. The van der Waals surface area contributed by atoms with Crippen molar-refractivity contribution in [3.8, 4) is 11.1 Å². The van der Waals surface area contributed by atoms with Gasteiger partial charge in [0, 0.05) is 11.4 Å². The minimum absolute atomic E-state index is 0.0715. The molecular weight excluding hydrogens is 310 g/mol. The van der Waals surface area contributed by atoms with Crippen LogP contribution in [0.1, 0.15) is 11.1 Å². The van der Waals surface area contributed by atoms with Gasteiger partial charge in [-0.05, 0) is 35.4 Å². The van der Waals surface area contributed by atoms with Crippen molar-refractivity contribution in [1.29, 1.82) is 0 Å². The molecular formula is C14H10F6N2. The van der Waals surface area contributed by atoms with E-state index in [1.54, 1.807) is 0 Å². The Bertz CT molecular complexity index is 703. The highest BCUT2D eigenvalue weighted by atomic mass is 19.4. The van der Waals surface area contributed by atoms with Crippen molar-refractivity contribution in [1.82, 2.24) is 0 Å². The van der Waals surface area contributed by atoms with Gasteiger partial charge in [-0.2, -0.15) is 26.3 Å². The summed E-state index contributed by atoms with van der Waals surface area (Å²) < 4.78 is 76.9. The Morgan fingerprint density at radius 1 is 0.682 bits per heavy atom. The van der Waals surface area contributed by atoms with Crippen LogP contribution in [-0.2, 0) is 12.4 Å². The van der Waals surface area contributed by atoms with Crippen LogP contribution in [0, 0.1) is 0 Å². The first-order valence-corrected chi connectivity index (χ1v) is 5.94. The van der Waals surface area contributed by atoms with E-state index >= 15 is 0 Å². The van der Waals surface area contributed by atoms with E-state index in [1.165, 1.54) is 6.07 Å². The normalized spacial score (nSPS) is 12.5. The smallest absolute Gasteiger partial charge is 0.399 e. The fourth-order valence-corrected chi connectivity index (χ4v) is 2.04. The van der Waals surface area contributed by atoms with E-state index in [-0.39, 0.29) is 16.8 Å². The molecule has 22 heavy (non-hydrogen) atoms. The van der Waals surface area contributed by atoms with E-state index in [0.29, 0.717) is 6.07 Å². The molecule has 0 heterocycles. The van der Waals surface area contributed by atoms with Crippen molar-refractivity contribution in [2.45, 2.75) is 12.4 Å². The Kier molecular flexibility index (Phi) is 3.72. The lowest BCUT2D eigenvalue weighted by Gasteiger charge is -2.16. The summed E-state index contributed by atoms with van der Waals surface area (Å²) in [5, 5.41) is 0. The number of rotatable bonds is 1. The Morgan fingerprint density at radius 2 is 1.27 bits per heavy atom. The van der Waals surface area contributed by atoms with Gasteiger partial charge in [0.25, 0.3) is 0 Å². The number of halogens is 6. The van der Waals surface area contributed by atoms with E-state index in [1.807, 2.05) is 0 Å². The molecule has 0 atom stereocenters. The average molecular weight is 320 g/mol. The van der Waals surface area contributed by atoms with Crippen LogP contribution < -0.4 is 11.5 Å². The molecule has 8 heteroatoms. The molecule has 0 unspecified atom stereocenters. The highest BCUT2D eigenvalue weighted by Gasteiger charge is 2.35. The minimum atomic E-state index is -4.69. The summed E-state index contributed by atoms with van der Waals surface area (Å²) in [6, 6.07) is 5.52. The molecule has 118 valence electrons. The van der Waals surface area contributed by atoms with Crippen LogP contribution in [0.3, 0.4) is 0 Å². The molecule has 0 aromatic heterocycles. The molecule has 0 saturated carbocycles. The van der Waals surface area contributed by atoms with Crippen LogP contribution in [0.15, 0.2) is 36.4 Å². The van der Waals surface area contributed by atoms with E-state index in [9.17, 15) is 26.3 Å². The minimum Gasteiger partial charge on any atom is -0.399 e. The molecule has 0 spiro atoms. The van der Waals surface area contributed by atoms with Crippen LogP contribution in [-0.4, -0.2) is 0 Å². The number of hydrogen-bond donors (Lipinski definition) is 2. The fraction of sp³-hybridized carbons (Fsp3) is 0.143. The molecule has 0 bridgehead atoms. The molecule has 0 aliphatic rings. The quantitative estimate of drug-likeness (QED) is 0.598. The standard InChI is InChI=1S/C14H10F6N2/c15-13(16,17)10-4-1-7(5-12(10)22)9-3-2-8(21)6-11(9)14(18,19)20/h1-6H,21-22H2. The van der Waals surface area contributed by atoms with Gasteiger partial charge >= 0.3 is 12.4 Å². The summed E-state index contributed by atoms with van der Waals surface area (Å²) in [6.07, 6.45) is -9.36. The van der Waals surface area contributed by atoms with Gasteiger partial charge in [-0.25, -0.2) is 0 Å². The molecule has 2 rings (SSSR count). The van der Waals surface area contributed by atoms with Crippen molar-refractivity contribution in [2.75, 3.05) is 11.5 Å². The van der Waals surface area contributed by atoms with Gasteiger partial charge in [0.2, 0.25) is 0 Å². The first-order valence-electron chi connectivity index (χ1n) is 5.94. The van der Waals surface area contributed by atoms with E-state index in [2.05, 4.69) is 0 Å². The zero-order valence-electron chi connectivity index (χ0n) is 10.9. The van der Waals surface area contributed by atoms with Crippen molar-refractivity contribution in [2.24, 2.45) is 0 Å². The first kappa shape index (κ1) is 16.0. The summed E-state index contributed by atoms with van der Waals surface area (Å²) in [6.45, 7) is 0. The highest BCUT2D eigenvalue weighted by molar-refractivity contribution is 5.74. The van der Waals surface area contributed by atoms with E-state index in [0.717, 1.165) is 24.3 Å². The Morgan fingerprint density at radius 3 is 1.77 bits per heavy atom. The average Bonchev–Trinajstić information content (AvgIpc) is 2.35. The van der Waals surface area contributed by atoms with Crippen molar-refractivity contribution in [3.63, 3.8) is 0 Å². The highest BCUT2D eigenvalue weighted by Crippen LogP contribution is 2.40. The van der Waals surface area contributed by atoms with Crippen LogP contribution in [0.2, 0.25) is 0 Å². The molecule has 4 N–H and O–H groups in total. The van der Waals surface area contributed by atoms with E-state index < -0.39 is 29.2 Å². The van der Waals surface area contributed by atoms with Crippen molar-refractivity contribution >= 4 is 11.4 Å². The zero-order valence-corrected chi connectivity index (χ0v) is 10.9. The van der Waals surface area contributed by atoms with Crippen LogP contribution in [0.4, 0.5) is 37.7 Å². The van der Waals surface area contributed by atoms with Gasteiger partial charge in [0.1, 0.15) is 0 Å². The number of nitrogens with two attached hydrogens (primary N) is 2. The van der Waals surface area contributed by atoms with Gasteiger partial charge in [0.15, 0.2) is 0 Å². The van der Waals surface area contributed by atoms with Gasteiger partial charge < -0.3 is 11.5 Å². The van der Waals surface area contributed by atoms with Gasteiger partial charge in [-0.1, -0.05) is 12.1 Å². The lowest BCUT2D eigenvalue weighted by Crippen LogP contribution is -2.10. The second-order valence-electron chi connectivity index (χ2n) is 4.60. The molecule has 2 nitrogen and oxygen atoms in total. The largest absolute Gasteiger partial charge is 0.418 e. The number of anilines is 2. The van der Waals surface area contributed by atoms with Crippen LogP contribution in [0.25, 0.3) is 11.1 Å². The number of alkyl halides is 6. The molecule has 2 aromatic rings. The van der Waals surface area contributed by atoms with Crippen molar-refractivity contribution < 1.29 is 26.3 Å². The maximum atomic E-state index is 13.0. The zero-order chi connectivity index (χ0) is 16.7. The Balaban J connectivity index is 2.61. The Labute approximate surface area is 121 Å². The maximum Gasteiger partial charge on any atom is 0.418 e. The second kappa shape index (κ2) is 5.11. The maximum absolute atomic E-state index is 13.0. The first-order chi connectivity index (χ1) is 10.00. The molecule has 0 saturated heterocycles. The second-order valence-corrected chi connectivity index (χ2v) is 4.60. The lowest BCUT2D eigenvalue weighted by atomic mass is 9.97. The number of nitrogen functional groups attached to an aromatic ring is 2. The Hall–Kier alpha value is -2.38. The predicted octanol–water partition coefficient (Wildman–Crippen LogP) is 4.56. The monoisotopic (exact) mass is 320 g/mol. The topological polar surface area (TPSA) is 52.0 Å². The molecule has 0 aliphatic carbocycles. The summed E-state index contributed by atoms with van der Waals surface area (Å²) in [5.41, 5.74) is 7.41. The third kappa shape index (κ3) is 3.10. The summed E-state index contributed by atoms with van der Waals surface area (Å²) in [7, 11) is 0. The predicted molar refractivity (Wildman–Crippen MR) is 70.7 cm³/mol.